The Labute approximate surface area is 136 Å². The van der Waals surface area contributed by atoms with E-state index in [4.69, 9.17) is 0 Å². The maximum Gasteiger partial charge on any atom is 0.251 e. The number of nitrogens with one attached hydrogen (secondary N) is 1. The first-order valence-corrected chi connectivity index (χ1v) is 8.20. The molecule has 1 fully saturated rings. The highest BCUT2D eigenvalue weighted by atomic mass is 16.1. The first kappa shape index (κ1) is 15.7. The van der Waals surface area contributed by atoms with Gasteiger partial charge in [0.05, 0.1) is 6.54 Å². The van der Waals surface area contributed by atoms with Crippen molar-refractivity contribution in [2.24, 2.45) is 0 Å². The highest BCUT2D eigenvalue weighted by Crippen LogP contribution is 2.25. The van der Waals surface area contributed by atoms with E-state index in [1.165, 1.54) is 19.2 Å². The summed E-state index contributed by atoms with van der Waals surface area (Å²) >= 11 is 0. The van der Waals surface area contributed by atoms with Crippen LogP contribution in [0.1, 0.15) is 35.7 Å². The van der Waals surface area contributed by atoms with Crippen LogP contribution in [0.5, 0.6) is 0 Å². The lowest BCUT2D eigenvalue weighted by Gasteiger charge is -2.19. The van der Waals surface area contributed by atoms with E-state index in [0.29, 0.717) is 18.7 Å². The smallest absolute Gasteiger partial charge is 0.251 e. The van der Waals surface area contributed by atoms with Gasteiger partial charge < -0.3 is 5.32 Å². The molecule has 0 radical (unpaired) electrons. The molecule has 2 aromatic rings. The van der Waals surface area contributed by atoms with Crippen molar-refractivity contribution in [1.29, 1.82) is 0 Å². The number of amides is 1. The predicted molar refractivity (Wildman–Crippen MR) is 88.2 cm³/mol. The normalized spacial score (nSPS) is 14.2. The summed E-state index contributed by atoms with van der Waals surface area (Å²) in [6.07, 6.45) is 5.80. The molecule has 1 aromatic carbocycles. The standard InChI is InChI=1S/C17H23N5O/c1-2-21(16-7-8-16)10-9-19-17(23)15-5-3-14(4-6-15)11-22-13-18-12-20-22/h3-6,12-13,16H,2,7-11H2,1H3,(H,19,23). The van der Waals surface area contributed by atoms with Crippen molar-refractivity contribution >= 4 is 5.91 Å². The Morgan fingerprint density at radius 3 is 2.74 bits per heavy atom. The molecule has 0 bridgehead atoms. The van der Waals surface area contributed by atoms with Gasteiger partial charge in [-0.2, -0.15) is 5.10 Å². The van der Waals surface area contributed by atoms with Gasteiger partial charge in [-0.3, -0.25) is 9.69 Å². The lowest BCUT2D eigenvalue weighted by atomic mass is 10.1. The lowest BCUT2D eigenvalue weighted by molar-refractivity contribution is 0.0948. The second-order valence-corrected chi connectivity index (χ2v) is 5.91. The van der Waals surface area contributed by atoms with Crippen molar-refractivity contribution in [2.75, 3.05) is 19.6 Å². The van der Waals surface area contributed by atoms with Gasteiger partial charge >= 0.3 is 0 Å². The monoisotopic (exact) mass is 313 g/mol. The number of hydrogen-bond donors (Lipinski definition) is 1. The topological polar surface area (TPSA) is 63.1 Å². The summed E-state index contributed by atoms with van der Waals surface area (Å²) in [6.45, 7) is 5.52. The van der Waals surface area contributed by atoms with E-state index in [-0.39, 0.29) is 5.91 Å². The van der Waals surface area contributed by atoms with Gasteiger partial charge in [0.2, 0.25) is 0 Å². The largest absolute Gasteiger partial charge is 0.351 e. The van der Waals surface area contributed by atoms with E-state index in [1.807, 2.05) is 24.3 Å². The number of carbonyl (C=O) groups is 1. The SMILES string of the molecule is CCN(CCNC(=O)c1ccc(Cn2cncn2)cc1)C1CC1. The number of hydrogen-bond acceptors (Lipinski definition) is 4. The molecule has 1 amide bonds. The van der Waals surface area contributed by atoms with Crippen molar-refractivity contribution in [3.05, 3.63) is 48.0 Å². The molecule has 0 spiro atoms. The van der Waals surface area contributed by atoms with Crippen LogP contribution in [0.3, 0.4) is 0 Å². The van der Waals surface area contributed by atoms with E-state index < -0.39 is 0 Å². The fraction of sp³-hybridized carbons (Fsp3) is 0.471. The quantitative estimate of drug-likeness (QED) is 0.803. The number of likely N-dealkylation sites (N-methyl/N-ethyl adjacent to an activating group) is 1. The van der Waals surface area contributed by atoms with Crippen molar-refractivity contribution in [3.8, 4) is 0 Å². The Morgan fingerprint density at radius 1 is 1.35 bits per heavy atom. The molecule has 0 aliphatic heterocycles. The molecule has 0 atom stereocenters. The molecule has 23 heavy (non-hydrogen) atoms. The van der Waals surface area contributed by atoms with Gasteiger partial charge in [0.1, 0.15) is 12.7 Å². The molecule has 0 saturated heterocycles. The predicted octanol–water partition coefficient (Wildman–Crippen LogP) is 1.54. The molecule has 1 saturated carbocycles. The third-order valence-electron chi connectivity index (χ3n) is 4.18. The lowest BCUT2D eigenvalue weighted by Crippen LogP contribution is -2.36. The van der Waals surface area contributed by atoms with Gasteiger partial charge in [0.25, 0.3) is 5.91 Å². The maximum absolute atomic E-state index is 12.2. The molecule has 122 valence electrons. The van der Waals surface area contributed by atoms with Crippen LogP contribution in [0.25, 0.3) is 0 Å². The Bertz CT molecular complexity index is 619. The molecule has 0 unspecified atom stereocenters. The van der Waals surface area contributed by atoms with Gasteiger partial charge in [0.15, 0.2) is 0 Å². The van der Waals surface area contributed by atoms with E-state index in [9.17, 15) is 4.79 Å². The summed E-state index contributed by atoms with van der Waals surface area (Å²) in [7, 11) is 0. The summed E-state index contributed by atoms with van der Waals surface area (Å²) in [5.74, 6) is -0.0100. The molecular weight excluding hydrogens is 290 g/mol. The molecule has 1 N–H and O–H groups in total. The summed E-state index contributed by atoms with van der Waals surface area (Å²) in [5.41, 5.74) is 1.79. The van der Waals surface area contributed by atoms with Crippen LogP contribution in [0.15, 0.2) is 36.9 Å². The summed E-state index contributed by atoms with van der Waals surface area (Å²) in [6, 6.07) is 8.38. The highest BCUT2D eigenvalue weighted by Gasteiger charge is 2.27. The zero-order chi connectivity index (χ0) is 16.1. The van der Waals surface area contributed by atoms with Gasteiger partial charge in [-0.1, -0.05) is 19.1 Å². The molecule has 1 heterocycles. The number of rotatable bonds is 8. The first-order valence-electron chi connectivity index (χ1n) is 8.20. The summed E-state index contributed by atoms with van der Waals surface area (Å²) in [4.78, 5) is 18.5. The van der Waals surface area contributed by atoms with E-state index in [2.05, 4.69) is 27.2 Å². The van der Waals surface area contributed by atoms with Crippen LogP contribution >= 0.6 is 0 Å². The Balaban J connectivity index is 1.47. The molecule has 3 rings (SSSR count). The Morgan fingerprint density at radius 2 is 2.13 bits per heavy atom. The summed E-state index contributed by atoms with van der Waals surface area (Å²) < 4.78 is 1.76. The minimum absolute atomic E-state index is 0.0100. The zero-order valence-electron chi connectivity index (χ0n) is 13.5. The number of nitrogens with zero attached hydrogens (tertiary/aromatic N) is 4. The van der Waals surface area contributed by atoms with Crippen LogP contribution in [0.4, 0.5) is 0 Å². The number of aromatic nitrogens is 3. The van der Waals surface area contributed by atoms with Crippen LogP contribution < -0.4 is 5.32 Å². The molecular formula is C17H23N5O. The maximum atomic E-state index is 12.2. The highest BCUT2D eigenvalue weighted by molar-refractivity contribution is 5.94. The fourth-order valence-electron chi connectivity index (χ4n) is 2.72. The Kier molecular flexibility index (Phi) is 5.02. The fourth-order valence-corrected chi connectivity index (χ4v) is 2.72. The van der Waals surface area contributed by atoms with Crippen molar-refractivity contribution in [1.82, 2.24) is 25.0 Å². The van der Waals surface area contributed by atoms with Crippen molar-refractivity contribution in [3.63, 3.8) is 0 Å². The zero-order valence-corrected chi connectivity index (χ0v) is 13.5. The van der Waals surface area contributed by atoms with E-state index in [1.54, 1.807) is 11.0 Å². The third-order valence-corrected chi connectivity index (χ3v) is 4.18. The van der Waals surface area contributed by atoms with Gasteiger partial charge in [-0.25, -0.2) is 9.67 Å². The van der Waals surface area contributed by atoms with Gasteiger partial charge in [-0.05, 0) is 37.1 Å². The van der Waals surface area contributed by atoms with Crippen LogP contribution in [0.2, 0.25) is 0 Å². The molecule has 1 aliphatic rings. The Hall–Kier alpha value is -2.21. The summed E-state index contributed by atoms with van der Waals surface area (Å²) in [5, 5.41) is 7.08. The first-order chi connectivity index (χ1) is 11.3. The molecule has 6 heteroatoms. The second-order valence-electron chi connectivity index (χ2n) is 5.91. The molecule has 6 nitrogen and oxygen atoms in total. The molecule has 1 aromatic heterocycles. The van der Waals surface area contributed by atoms with Gasteiger partial charge in [-0.15, -0.1) is 0 Å². The average Bonchev–Trinajstić information content (AvgIpc) is 3.29. The minimum Gasteiger partial charge on any atom is -0.351 e. The number of carbonyl (C=O) groups excluding carboxylic acids is 1. The van der Waals surface area contributed by atoms with E-state index >= 15 is 0 Å². The minimum atomic E-state index is -0.0100. The number of benzene rings is 1. The second kappa shape index (κ2) is 7.37. The van der Waals surface area contributed by atoms with Crippen LogP contribution in [0, 0.1) is 0 Å². The van der Waals surface area contributed by atoms with Crippen molar-refractivity contribution in [2.45, 2.75) is 32.4 Å². The van der Waals surface area contributed by atoms with E-state index in [0.717, 1.165) is 24.7 Å². The van der Waals surface area contributed by atoms with Crippen LogP contribution in [-0.2, 0) is 6.54 Å². The third kappa shape index (κ3) is 4.39. The van der Waals surface area contributed by atoms with Gasteiger partial charge in [0, 0.05) is 24.7 Å². The molecule has 1 aliphatic carbocycles. The van der Waals surface area contributed by atoms with Crippen molar-refractivity contribution < 1.29 is 4.79 Å². The van der Waals surface area contributed by atoms with Crippen LogP contribution in [-0.4, -0.2) is 51.2 Å². The average molecular weight is 313 g/mol.